The topological polar surface area (TPSA) is 76.1 Å². The molecule has 0 spiro atoms. The lowest BCUT2D eigenvalue weighted by Crippen LogP contribution is -2.31. The van der Waals surface area contributed by atoms with Crippen LogP contribution < -0.4 is 4.72 Å². The number of nitrogens with one attached hydrogen (secondary N) is 1. The number of sulfonamides is 1. The van der Waals surface area contributed by atoms with Crippen LogP contribution in [0.5, 0.6) is 0 Å². The fraction of sp³-hybridized carbons (Fsp3) is 0.200. The number of nitrogens with zero attached hydrogens (tertiary/aromatic N) is 1. The highest BCUT2D eigenvalue weighted by Gasteiger charge is 2.19. The molecule has 1 N–H and O–H groups in total. The number of pyridine rings is 1. The number of halogens is 1. The third-order valence-electron chi connectivity index (χ3n) is 1.99. The van der Waals surface area contributed by atoms with Crippen molar-refractivity contribution < 1.29 is 13.2 Å². The van der Waals surface area contributed by atoms with E-state index < -0.39 is 15.9 Å². The second-order valence-electron chi connectivity index (χ2n) is 3.22. The molecule has 1 amide bonds. The van der Waals surface area contributed by atoms with Crippen LogP contribution in [0.4, 0.5) is 0 Å². The second kappa shape index (κ2) is 5.29. The van der Waals surface area contributed by atoms with E-state index in [1.807, 2.05) is 4.72 Å². The second-order valence-corrected chi connectivity index (χ2v) is 5.29. The predicted octanol–water partition coefficient (Wildman–Crippen LogP) is 1.51. The van der Waals surface area contributed by atoms with Crippen molar-refractivity contribution >= 4 is 27.5 Å². The fourth-order valence-electron chi connectivity index (χ4n) is 0.907. The Balaban J connectivity index is 2.97. The summed E-state index contributed by atoms with van der Waals surface area (Å²) in [4.78, 5) is 15.1. The minimum absolute atomic E-state index is 0.251. The summed E-state index contributed by atoms with van der Waals surface area (Å²) < 4.78 is 25.3. The van der Waals surface area contributed by atoms with Crippen LogP contribution in [0.3, 0.4) is 0 Å². The summed E-state index contributed by atoms with van der Waals surface area (Å²) in [6.45, 7) is 3.15. The normalized spacial score (nSPS) is 12.3. The lowest BCUT2D eigenvalue weighted by molar-refractivity contribution is -0.115. The van der Waals surface area contributed by atoms with Gasteiger partial charge in [0.2, 0.25) is 0 Å². The third-order valence-corrected chi connectivity index (χ3v) is 3.46. The van der Waals surface area contributed by atoms with Gasteiger partial charge in [-0.3, -0.25) is 4.79 Å². The van der Waals surface area contributed by atoms with Gasteiger partial charge in [0, 0.05) is 11.8 Å². The average Bonchev–Trinajstić information content (AvgIpc) is 2.27. The maximum atomic E-state index is 11.7. The van der Waals surface area contributed by atoms with Gasteiger partial charge in [0.25, 0.3) is 15.9 Å². The van der Waals surface area contributed by atoms with Gasteiger partial charge in [0.05, 0.1) is 5.02 Å². The minimum atomic E-state index is -3.94. The van der Waals surface area contributed by atoms with Gasteiger partial charge >= 0.3 is 0 Å². The van der Waals surface area contributed by atoms with Crippen molar-refractivity contribution in [1.29, 1.82) is 0 Å². The molecule has 0 radical (unpaired) electrons. The number of rotatable bonds is 3. The number of hydrogen-bond donors (Lipinski definition) is 1. The van der Waals surface area contributed by atoms with Crippen LogP contribution in [0.1, 0.15) is 13.8 Å². The Labute approximate surface area is 105 Å². The van der Waals surface area contributed by atoms with Crippen LogP contribution in [-0.4, -0.2) is 19.3 Å². The van der Waals surface area contributed by atoms with Crippen LogP contribution in [0.15, 0.2) is 35.0 Å². The van der Waals surface area contributed by atoms with E-state index in [1.165, 1.54) is 31.3 Å². The van der Waals surface area contributed by atoms with Crippen LogP contribution in [0.25, 0.3) is 0 Å². The van der Waals surface area contributed by atoms with Crippen molar-refractivity contribution in [3.8, 4) is 0 Å². The summed E-state index contributed by atoms with van der Waals surface area (Å²) in [5, 5.41) is 0.0686. The van der Waals surface area contributed by atoms with Crippen molar-refractivity contribution in [1.82, 2.24) is 9.71 Å². The number of allylic oxidation sites excluding steroid dienone is 1. The Morgan fingerprint density at radius 3 is 2.59 bits per heavy atom. The molecule has 0 aliphatic heterocycles. The number of carbonyl (C=O) groups excluding carboxylic acids is 1. The van der Waals surface area contributed by atoms with Crippen LogP contribution in [0.2, 0.25) is 5.02 Å². The third kappa shape index (κ3) is 3.54. The van der Waals surface area contributed by atoms with E-state index in [-0.39, 0.29) is 5.03 Å². The van der Waals surface area contributed by atoms with E-state index in [1.54, 1.807) is 6.92 Å². The van der Waals surface area contributed by atoms with Crippen molar-refractivity contribution in [2.75, 3.05) is 0 Å². The number of amides is 1. The van der Waals surface area contributed by atoms with Crippen LogP contribution in [-0.2, 0) is 14.8 Å². The first-order chi connectivity index (χ1) is 7.86. The molecule has 5 nitrogen and oxygen atoms in total. The smallest absolute Gasteiger partial charge is 0.269 e. The monoisotopic (exact) mass is 274 g/mol. The van der Waals surface area contributed by atoms with E-state index in [4.69, 9.17) is 11.6 Å². The zero-order valence-corrected chi connectivity index (χ0v) is 10.8. The average molecular weight is 275 g/mol. The molecular formula is C10H11ClN2O3S. The van der Waals surface area contributed by atoms with Gasteiger partial charge in [-0.1, -0.05) is 17.7 Å². The number of hydrogen-bond acceptors (Lipinski definition) is 4. The van der Waals surface area contributed by atoms with Gasteiger partial charge < -0.3 is 0 Å². The van der Waals surface area contributed by atoms with Crippen molar-refractivity contribution in [2.24, 2.45) is 0 Å². The molecule has 0 saturated heterocycles. The molecule has 0 saturated carbocycles. The molecule has 0 unspecified atom stereocenters. The maximum Gasteiger partial charge on any atom is 0.281 e. The van der Waals surface area contributed by atoms with Gasteiger partial charge in [-0.25, -0.2) is 9.71 Å². The van der Waals surface area contributed by atoms with E-state index in [0.29, 0.717) is 10.6 Å². The van der Waals surface area contributed by atoms with Crippen molar-refractivity contribution in [2.45, 2.75) is 18.9 Å². The Hall–Kier alpha value is -1.40. The van der Waals surface area contributed by atoms with Gasteiger partial charge in [-0.15, -0.1) is 0 Å². The largest absolute Gasteiger partial charge is 0.281 e. The quantitative estimate of drug-likeness (QED) is 0.848. The fourth-order valence-corrected chi connectivity index (χ4v) is 1.97. The zero-order valence-electron chi connectivity index (χ0n) is 9.27. The Morgan fingerprint density at radius 2 is 2.12 bits per heavy atom. The number of carbonyl (C=O) groups is 1. The molecular weight excluding hydrogens is 264 g/mol. The molecule has 0 atom stereocenters. The molecule has 1 heterocycles. The molecule has 0 aliphatic rings. The molecule has 1 aromatic heterocycles. The summed E-state index contributed by atoms with van der Waals surface area (Å²) in [5.41, 5.74) is 0.308. The summed E-state index contributed by atoms with van der Waals surface area (Å²) in [6, 6.07) is 2.61. The Kier molecular flexibility index (Phi) is 4.25. The molecule has 0 fully saturated rings. The highest BCUT2D eigenvalue weighted by Crippen LogP contribution is 2.10. The molecule has 0 aromatic carbocycles. The molecule has 0 bridgehead atoms. The van der Waals surface area contributed by atoms with Crippen LogP contribution >= 0.6 is 11.6 Å². The molecule has 17 heavy (non-hydrogen) atoms. The highest BCUT2D eigenvalue weighted by molar-refractivity contribution is 7.90. The Bertz CT molecular complexity index is 549. The zero-order chi connectivity index (χ0) is 13.1. The van der Waals surface area contributed by atoms with Gasteiger partial charge in [0.1, 0.15) is 0 Å². The first kappa shape index (κ1) is 13.7. The molecule has 0 aliphatic carbocycles. The van der Waals surface area contributed by atoms with Crippen molar-refractivity contribution in [3.63, 3.8) is 0 Å². The molecule has 1 aromatic rings. The lowest BCUT2D eigenvalue weighted by atomic mass is 10.3. The standard InChI is InChI=1S/C10H11ClN2O3S/c1-3-7(2)10(14)13-17(15,16)9-5-4-8(11)6-12-9/h3-6H,1-2H3,(H,13,14)/b7-3+. The van der Waals surface area contributed by atoms with E-state index in [0.717, 1.165) is 0 Å². The number of aromatic nitrogens is 1. The van der Waals surface area contributed by atoms with Gasteiger partial charge in [0.15, 0.2) is 5.03 Å². The Morgan fingerprint density at radius 1 is 1.47 bits per heavy atom. The summed E-state index contributed by atoms with van der Waals surface area (Å²) in [5.74, 6) is -0.677. The van der Waals surface area contributed by atoms with E-state index in [2.05, 4.69) is 4.98 Å². The van der Waals surface area contributed by atoms with Crippen molar-refractivity contribution in [3.05, 3.63) is 35.0 Å². The SMILES string of the molecule is C/C=C(\C)C(=O)NS(=O)(=O)c1ccc(Cl)cn1. The van der Waals surface area contributed by atoms with E-state index >= 15 is 0 Å². The molecule has 92 valence electrons. The van der Waals surface area contributed by atoms with Crippen LogP contribution in [0, 0.1) is 0 Å². The summed E-state index contributed by atoms with van der Waals surface area (Å²) in [7, 11) is -3.94. The van der Waals surface area contributed by atoms with E-state index in [9.17, 15) is 13.2 Å². The highest BCUT2D eigenvalue weighted by atomic mass is 35.5. The molecule has 1 rings (SSSR count). The predicted molar refractivity (Wildman–Crippen MR) is 64.0 cm³/mol. The first-order valence-electron chi connectivity index (χ1n) is 4.68. The van der Waals surface area contributed by atoms with Gasteiger partial charge in [-0.05, 0) is 26.0 Å². The maximum absolute atomic E-state index is 11.7. The first-order valence-corrected chi connectivity index (χ1v) is 6.54. The molecule has 7 heteroatoms. The lowest BCUT2D eigenvalue weighted by Gasteiger charge is -2.05. The van der Waals surface area contributed by atoms with Gasteiger partial charge in [-0.2, -0.15) is 8.42 Å². The summed E-state index contributed by atoms with van der Waals surface area (Å²) >= 11 is 5.59. The summed E-state index contributed by atoms with van der Waals surface area (Å²) in [6.07, 6.45) is 2.71. The minimum Gasteiger partial charge on any atom is -0.269 e.